The van der Waals surface area contributed by atoms with Crippen molar-refractivity contribution in [2.45, 2.75) is 12.1 Å². The van der Waals surface area contributed by atoms with E-state index in [2.05, 4.69) is 65.5 Å². The van der Waals surface area contributed by atoms with Crippen LogP contribution in [0.2, 0.25) is 0 Å². The lowest BCUT2D eigenvalue weighted by atomic mass is 10.1. The van der Waals surface area contributed by atoms with Crippen LogP contribution in [0, 0.1) is 6.92 Å². The van der Waals surface area contributed by atoms with E-state index >= 15 is 0 Å². The van der Waals surface area contributed by atoms with Gasteiger partial charge in [-0.3, -0.25) is 0 Å². The van der Waals surface area contributed by atoms with E-state index < -0.39 is 0 Å². The van der Waals surface area contributed by atoms with Crippen molar-refractivity contribution in [1.82, 2.24) is 19.9 Å². The number of azo groups is 1. The van der Waals surface area contributed by atoms with Gasteiger partial charge in [-0.25, -0.2) is 0 Å². The summed E-state index contributed by atoms with van der Waals surface area (Å²) in [6, 6.07) is 13.8. The first-order valence-corrected chi connectivity index (χ1v) is 10.5. The van der Waals surface area contributed by atoms with Gasteiger partial charge in [0.15, 0.2) is 5.69 Å². The molecule has 2 N–H and O–H groups in total. The molecule has 8 nitrogen and oxygen atoms in total. The van der Waals surface area contributed by atoms with E-state index in [4.69, 9.17) is 0 Å². The van der Waals surface area contributed by atoms with Gasteiger partial charge in [0.25, 0.3) is 5.95 Å². The predicted octanol–water partition coefficient (Wildman–Crippen LogP) is 5.31. The second kappa shape index (κ2) is 7.12. The summed E-state index contributed by atoms with van der Waals surface area (Å²) in [6.45, 7) is 2.05. The minimum absolute atomic E-state index is 0.0570. The summed E-state index contributed by atoms with van der Waals surface area (Å²) in [5.41, 5.74) is 4.26. The second-order valence-electron chi connectivity index (χ2n) is 6.51. The molecule has 0 aliphatic carbocycles. The fourth-order valence-electron chi connectivity index (χ4n) is 3.00. The van der Waals surface area contributed by atoms with Gasteiger partial charge in [0.2, 0.25) is 11.0 Å². The average molecular weight is 468 g/mol. The van der Waals surface area contributed by atoms with E-state index in [1.54, 1.807) is 16.4 Å². The fraction of sp³-hybridized carbons (Fsp3) is 0.105. The first-order chi connectivity index (χ1) is 14.1. The number of aryl methyl sites for hydroxylation is 1. The van der Waals surface area contributed by atoms with Gasteiger partial charge in [-0.1, -0.05) is 57.5 Å². The SMILES string of the molecule is Cc1ccc(C2=Nn3c(N=Nc4c(O)[nH]c5ccc(Br)cc45)nnc3SC2)cc1. The highest BCUT2D eigenvalue weighted by molar-refractivity contribution is 9.10. The Morgan fingerprint density at radius 1 is 1.14 bits per heavy atom. The molecule has 2 aromatic heterocycles. The second-order valence-corrected chi connectivity index (χ2v) is 8.37. The lowest BCUT2D eigenvalue weighted by Gasteiger charge is -2.12. The maximum atomic E-state index is 10.2. The molecule has 0 saturated carbocycles. The van der Waals surface area contributed by atoms with Crippen LogP contribution in [0.4, 0.5) is 11.6 Å². The molecule has 3 heterocycles. The summed E-state index contributed by atoms with van der Waals surface area (Å²) < 4.78 is 2.46. The maximum absolute atomic E-state index is 10.2. The molecule has 0 spiro atoms. The molecule has 5 rings (SSSR count). The van der Waals surface area contributed by atoms with Crippen LogP contribution in [0.15, 0.2) is 67.4 Å². The van der Waals surface area contributed by atoms with Crippen molar-refractivity contribution in [3.8, 4) is 5.88 Å². The molecule has 144 valence electrons. The summed E-state index contributed by atoms with van der Waals surface area (Å²) >= 11 is 4.98. The van der Waals surface area contributed by atoms with Crippen LogP contribution >= 0.6 is 27.7 Å². The van der Waals surface area contributed by atoms with Crippen LogP contribution in [0.5, 0.6) is 5.88 Å². The van der Waals surface area contributed by atoms with E-state index in [1.807, 2.05) is 30.3 Å². The molecular weight excluding hydrogens is 454 g/mol. The Morgan fingerprint density at radius 3 is 2.79 bits per heavy atom. The third-order valence-electron chi connectivity index (χ3n) is 4.49. The van der Waals surface area contributed by atoms with Gasteiger partial charge in [-0.2, -0.15) is 9.78 Å². The van der Waals surface area contributed by atoms with Gasteiger partial charge in [0, 0.05) is 15.6 Å². The highest BCUT2D eigenvalue weighted by Crippen LogP contribution is 2.37. The zero-order chi connectivity index (χ0) is 20.0. The van der Waals surface area contributed by atoms with E-state index in [1.165, 1.54) is 5.56 Å². The van der Waals surface area contributed by atoms with Gasteiger partial charge in [0.1, 0.15) is 0 Å². The van der Waals surface area contributed by atoms with Crippen LogP contribution < -0.4 is 0 Å². The number of nitrogens with zero attached hydrogens (tertiary/aromatic N) is 6. The van der Waals surface area contributed by atoms with Gasteiger partial charge in [-0.15, -0.1) is 20.4 Å². The van der Waals surface area contributed by atoms with Crippen molar-refractivity contribution in [3.05, 3.63) is 58.1 Å². The average Bonchev–Trinajstić information content (AvgIpc) is 3.26. The first-order valence-electron chi connectivity index (χ1n) is 8.73. The Kier molecular flexibility index (Phi) is 4.44. The number of fused-ring (bicyclic) bond motifs is 2. The van der Waals surface area contributed by atoms with E-state index in [0.717, 1.165) is 26.7 Å². The summed E-state index contributed by atoms with van der Waals surface area (Å²) in [6.07, 6.45) is 0. The molecule has 1 aliphatic heterocycles. The van der Waals surface area contributed by atoms with Crippen molar-refractivity contribution >= 4 is 55.9 Å². The normalized spacial score (nSPS) is 13.8. The van der Waals surface area contributed by atoms with E-state index in [0.29, 0.717) is 16.6 Å². The maximum Gasteiger partial charge on any atom is 0.291 e. The number of aromatic amines is 1. The van der Waals surface area contributed by atoms with Gasteiger partial charge in [-0.05, 0) is 30.7 Å². The fourth-order valence-corrected chi connectivity index (χ4v) is 4.19. The molecule has 0 fully saturated rings. The third-order valence-corrected chi connectivity index (χ3v) is 5.92. The Hall–Kier alpha value is -2.98. The van der Waals surface area contributed by atoms with E-state index in [9.17, 15) is 5.11 Å². The topological polar surface area (TPSA) is 104 Å². The molecule has 4 aromatic rings. The molecular formula is C19H14BrN7OS. The number of nitrogens with one attached hydrogen (secondary N) is 1. The summed E-state index contributed by atoms with van der Waals surface area (Å²) in [4.78, 5) is 2.89. The lowest BCUT2D eigenvalue weighted by molar-refractivity contribution is 0.459. The number of hydrogen-bond donors (Lipinski definition) is 2. The molecule has 0 saturated heterocycles. The molecule has 0 radical (unpaired) electrons. The minimum Gasteiger partial charge on any atom is -0.493 e. The number of rotatable bonds is 3. The molecule has 0 bridgehead atoms. The molecule has 10 heteroatoms. The van der Waals surface area contributed by atoms with Crippen molar-refractivity contribution in [2.24, 2.45) is 15.3 Å². The molecule has 2 aromatic carbocycles. The van der Waals surface area contributed by atoms with Gasteiger partial charge < -0.3 is 10.1 Å². The highest BCUT2D eigenvalue weighted by atomic mass is 79.9. The number of thioether (sulfide) groups is 1. The highest BCUT2D eigenvalue weighted by Gasteiger charge is 2.20. The standard InChI is InChI=1S/C19H14BrN7OS/c1-10-2-4-11(5-3-10)15-9-29-19-25-24-18(27(19)26-15)23-22-16-13-8-12(20)6-7-14(13)21-17(16)28/h2-8,21,28H,9H2,1H3. The van der Waals surface area contributed by atoms with E-state index in [-0.39, 0.29) is 11.8 Å². The lowest BCUT2D eigenvalue weighted by Crippen LogP contribution is -2.12. The number of halogens is 1. The largest absolute Gasteiger partial charge is 0.493 e. The van der Waals surface area contributed by atoms with Crippen molar-refractivity contribution in [2.75, 3.05) is 5.75 Å². The van der Waals surface area contributed by atoms with Gasteiger partial charge in [0.05, 0.1) is 11.2 Å². The summed E-state index contributed by atoms with van der Waals surface area (Å²) in [7, 11) is 0. The van der Waals surface area contributed by atoms with Crippen LogP contribution in [0.25, 0.3) is 10.9 Å². The minimum atomic E-state index is -0.0570. The van der Waals surface area contributed by atoms with Crippen LogP contribution in [-0.4, -0.2) is 36.4 Å². The summed E-state index contributed by atoms with van der Waals surface area (Å²) in [5, 5.41) is 32.9. The number of aromatic hydroxyl groups is 1. The molecule has 1 aliphatic rings. The first kappa shape index (κ1) is 18.1. The Labute approximate surface area is 177 Å². The Bertz CT molecular complexity index is 1290. The number of benzene rings is 2. The summed E-state index contributed by atoms with van der Waals surface area (Å²) in [5.74, 6) is 0.897. The Balaban J connectivity index is 1.52. The van der Waals surface area contributed by atoms with Crippen molar-refractivity contribution in [1.29, 1.82) is 0 Å². The molecule has 29 heavy (non-hydrogen) atoms. The van der Waals surface area contributed by atoms with Gasteiger partial charge >= 0.3 is 0 Å². The smallest absolute Gasteiger partial charge is 0.291 e. The zero-order valence-electron chi connectivity index (χ0n) is 15.2. The van der Waals surface area contributed by atoms with Crippen molar-refractivity contribution < 1.29 is 5.11 Å². The molecule has 0 amide bonds. The van der Waals surface area contributed by atoms with Crippen LogP contribution in [0.3, 0.4) is 0 Å². The quantitative estimate of drug-likeness (QED) is 0.398. The van der Waals surface area contributed by atoms with Crippen LogP contribution in [-0.2, 0) is 0 Å². The molecule has 0 atom stereocenters. The number of H-pyrrole nitrogens is 1. The van der Waals surface area contributed by atoms with Crippen molar-refractivity contribution in [3.63, 3.8) is 0 Å². The number of aromatic nitrogens is 4. The zero-order valence-corrected chi connectivity index (χ0v) is 17.6. The number of hydrogen-bond acceptors (Lipinski definition) is 7. The Morgan fingerprint density at radius 2 is 1.97 bits per heavy atom. The molecule has 0 unspecified atom stereocenters. The third kappa shape index (κ3) is 3.34. The van der Waals surface area contributed by atoms with Crippen LogP contribution in [0.1, 0.15) is 11.1 Å². The predicted molar refractivity (Wildman–Crippen MR) is 116 cm³/mol. The monoisotopic (exact) mass is 467 g/mol.